The minimum Gasteiger partial charge on any atom is -0.497 e. The van der Waals surface area contributed by atoms with Crippen LogP contribution < -0.4 is 9.64 Å². The number of nitrogens with zero attached hydrogens (tertiary/aromatic N) is 5. The first-order valence-electron chi connectivity index (χ1n) is 12.5. The molecule has 1 aliphatic heterocycles. The molecule has 0 unspecified atom stereocenters. The molecule has 9 heteroatoms. The van der Waals surface area contributed by atoms with E-state index in [0.717, 1.165) is 22.8 Å². The first-order valence-corrected chi connectivity index (χ1v) is 12.5. The van der Waals surface area contributed by atoms with E-state index >= 15 is 0 Å². The number of carbonyl (C=O) groups is 2. The van der Waals surface area contributed by atoms with Crippen LogP contribution in [0.4, 0.5) is 10.2 Å². The van der Waals surface area contributed by atoms with E-state index in [0.29, 0.717) is 32.6 Å². The van der Waals surface area contributed by atoms with Crippen molar-refractivity contribution in [1.82, 2.24) is 20.0 Å². The zero-order valence-electron chi connectivity index (χ0n) is 21.4. The predicted molar refractivity (Wildman–Crippen MR) is 140 cm³/mol. The maximum atomic E-state index is 13.7. The van der Waals surface area contributed by atoms with E-state index in [9.17, 15) is 14.0 Å². The quantitative estimate of drug-likeness (QED) is 0.462. The maximum absolute atomic E-state index is 13.7. The van der Waals surface area contributed by atoms with Crippen LogP contribution in [-0.2, 0) is 4.79 Å². The summed E-state index contributed by atoms with van der Waals surface area (Å²) in [6.45, 7) is 6.08. The molecule has 1 aliphatic rings. The molecule has 4 rings (SSSR count). The van der Waals surface area contributed by atoms with Crippen molar-refractivity contribution >= 4 is 17.6 Å². The fraction of sp³-hybridized carbons (Fsp3) is 0.357. The van der Waals surface area contributed by atoms with Crippen molar-refractivity contribution in [2.24, 2.45) is 0 Å². The SMILES string of the molecule is CC[C@H](C)N(CC(=O)N1CCN(c2ccc(-c3ccc(OC)cc3)nn2)CC1)C(=O)c1cccc(F)c1. The minimum absolute atomic E-state index is 0.0410. The Balaban J connectivity index is 1.35. The first kappa shape index (κ1) is 26.1. The average molecular weight is 506 g/mol. The number of carbonyl (C=O) groups excluding carboxylic acids is 2. The number of amides is 2. The molecule has 3 aromatic rings. The second kappa shape index (κ2) is 11.8. The van der Waals surface area contributed by atoms with Crippen molar-refractivity contribution in [2.75, 3.05) is 44.7 Å². The van der Waals surface area contributed by atoms with Crippen molar-refractivity contribution in [2.45, 2.75) is 26.3 Å². The Morgan fingerprint density at radius 2 is 1.76 bits per heavy atom. The van der Waals surface area contributed by atoms with Crippen LogP contribution in [0.15, 0.2) is 60.7 Å². The number of halogens is 1. The predicted octanol–water partition coefficient (Wildman–Crippen LogP) is 3.88. The highest BCUT2D eigenvalue weighted by atomic mass is 19.1. The molecule has 0 aliphatic carbocycles. The normalized spacial score (nSPS) is 14.3. The molecule has 2 heterocycles. The third kappa shape index (κ3) is 6.22. The van der Waals surface area contributed by atoms with Gasteiger partial charge in [-0.1, -0.05) is 13.0 Å². The van der Waals surface area contributed by atoms with Gasteiger partial charge >= 0.3 is 0 Å². The molecular formula is C28H32FN5O3. The number of anilines is 1. The van der Waals surface area contributed by atoms with Gasteiger partial charge < -0.3 is 19.4 Å². The van der Waals surface area contributed by atoms with Gasteiger partial charge in [0.1, 0.15) is 18.1 Å². The minimum atomic E-state index is -0.475. The number of benzene rings is 2. The second-order valence-corrected chi connectivity index (χ2v) is 9.07. The number of aromatic nitrogens is 2. The van der Waals surface area contributed by atoms with Gasteiger partial charge in [-0.15, -0.1) is 10.2 Å². The van der Waals surface area contributed by atoms with Crippen LogP contribution in [0.5, 0.6) is 5.75 Å². The van der Waals surface area contributed by atoms with Crippen molar-refractivity contribution in [3.8, 4) is 17.0 Å². The lowest BCUT2D eigenvalue weighted by Gasteiger charge is -2.37. The molecule has 0 spiro atoms. The van der Waals surface area contributed by atoms with Gasteiger partial charge in [0.25, 0.3) is 5.91 Å². The largest absolute Gasteiger partial charge is 0.497 e. The summed E-state index contributed by atoms with van der Waals surface area (Å²) in [5, 5.41) is 8.77. The number of methoxy groups -OCH3 is 1. The molecular weight excluding hydrogens is 473 g/mol. The lowest BCUT2D eigenvalue weighted by molar-refractivity contribution is -0.132. The Morgan fingerprint density at radius 1 is 1.03 bits per heavy atom. The monoisotopic (exact) mass is 505 g/mol. The molecule has 37 heavy (non-hydrogen) atoms. The molecule has 1 saturated heterocycles. The van der Waals surface area contributed by atoms with E-state index in [4.69, 9.17) is 4.74 Å². The highest BCUT2D eigenvalue weighted by molar-refractivity contribution is 5.96. The molecule has 194 valence electrons. The van der Waals surface area contributed by atoms with Crippen LogP contribution in [0, 0.1) is 5.82 Å². The van der Waals surface area contributed by atoms with E-state index in [-0.39, 0.29) is 30.0 Å². The fourth-order valence-electron chi connectivity index (χ4n) is 4.28. The summed E-state index contributed by atoms with van der Waals surface area (Å²) in [6.07, 6.45) is 0.688. The van der Waals surface area contributed by atoms with Crippen molar-refractivity contribution in [3.05, 3.63) is 72.0 Å². The van der Waals surface area contributed by atoms with Crippen LogP contribution >= 0.6 is 0 Å². The van der Waals surface area contributed by atoms with E-state index in [1.165, 1.54) is 23.1 Å². The Bertz CT molecular complexity index is 1210. The van der Waals surface area contributed by atoms with Crippen LogP contribution in [-0.4, -0.2) is 77.7 Å². The summed E-state index contributed by atoms with van der Waals surface area (Å²) in [7, 11) is 1.63. The topological polar surface area (TPSA) is 78.9 Å². The van der Waals surface area contributed by atoms with E-state index in [2.05, 4.69) is 15.1 Å². The lowest BCUT2D eigenvalue weighted by Crippen LogP contribution is -2.53. The van der Waals surface area contributed by atoms with Gasteiger partial charge in [0, 0.05) is 43.3 Å². The van der Waals surface area contributed by atoms with Gasteiger partial charge in [0.15, 0.2) is 5.82 Å². The Labute approximate surface area is 216 Å². The summed E-state index contributed by atoms with van der Waals surface area (Å²) in [4.78, 5) is 31.6. The van der Waals surface area contributed by atoms with Crippen LogP contribution in [0.3, 0.4) is 0 Å². The summed E-state index contributed by atoms with van der Waals surface area (Å²) in [5.74, 6) is 0.606. The van der Waals surface area contributed by atoms with E-state index < -0.39 is 5.82 Å². The van der Waals surface area contributed by atoms with Gasteiger partial charge in [0.2, 0.25) is 5.91 Å². The highest BCUT2D eigenvalue weighted by Gasteiger charge is 2.28. The molecule has 1 atom stereocenters. The molecule has 0 bridgehead atoms. The lowest BCUT2D eigenvalue weighted by atomic mass is 10.1. The molecule has 0 saturated carbocycles. The molecule has 0 N–H and O–H groups in total. The van der Waals surface area contributed by atoms with E-state index in [1.807, 2.05) is 50.2 Å². The molecule has 2 amide bonds. The number of hydrogen-bond donors (Lipinski definition) is 0. The Morgan fingerprint density at radius 3 is 2.35 bits per heavy atom. The molecule has 1 aromatic heterocycles. The van der Waals surface area contributed by atoms with Crippen LogP contribution in [0.25, 0.3) is 11.3 Å². The van der Waals surface area contributed by atoms with Crippen molar-refractivity contribution in [3.63, 3.8) is 0 Å². The Hall–Kier alpha value is -4.01. The van der Waals surface area contributed by atoms with Crippen molar-refractivity contribution < 1.29 is 18.7 Å². The van der Waals surface area contributed by atoms with Gasteiger partial charge in [-0.25, -0.2) is 4.39 Å². The van der Waals surface area contributed by atoms with Gasteiger partial charge in [-0.05, 0) is 67.9 Å². The number of ether oxygens (including phenoxy) is 1. The summed E-state index contributed by atoms with van der Waals surface area (Å²) in [6, 6.07) is 17.0. The third-order valence-corrected chi connectivity index (χ3v) is 6.75. The first-order chi connectivity index (χ1) is 17.9. The number of hydrogen-bond acceptors (Lipinski definition) is 6. The third-order valence-electron chi connectivity index (χ3n) is 6.75. The van der Waals surface area contributed by atoms with Crippen LogP contribution in [0.1, 0.15) is 30.6 Å². The molecule has 2 aromatic carbocycles. The molecule has 8 nitrogen and oxygen atoms in total. The van der Waals surface area contributed by atoms with Crippen molar-refractivity contribution in [1.29, 1.82) is 0 Å². The zero-order chi connectivity index (χ0) is 26.4. The molecule has 1 fully saturated rings. The highest BCUT2D eigenvalue weighted by Crippen LogP contribution is 2.22. The summed E-state index contributed by atoms with van der Waals surface area (Å²) < 4.78 is 18.9. The fourth-order valence-corrected chi connectivity index (χ4v) is 4.28. The zero-order valence-corrected chi connectivity index (χ0v) is 21.4. The standard InChI is InChI=1S/C28H32FN5O3/c1-4-20(2)34(28(36)22-6-5-7-23(29)18-22)19-27(35)33-16-14-32(15-17-33)26-13-12-25(30-31-26)21-8-10-24(37-3)11-9-21/h5-13,18,20H,4,14-17,19H2,1-3H3/t20-/m0/s1. The average Bonchev–Trinajstić information content (AvgIpc) is 2.95. The summed E-state index contributed by atoms with van der Waals surface area (Å²) in [5.41, 5.74) is 1.97. The number of piperazine rings is 1. The van der Waals surface area contributed by atoms with Gasteiger partial charge in [-0.2, -0.15) is 0 Å². The van der Waals surface area contributed by atoms with Gasteiger partial charge in [0.05, 0.1) is 12.8 Å². The van der Waals surface area contributed by atoms with Gasteiger partial charge in [-0.3, -0.25) is 9.59 Å². The molecule has 0 radical (unpaired) electrons. The summed E-state index contributed by atoms with van der Waals surface area (Å²) >= 11 is 0. The second-order valence-electron chi connectivity index (χ2n) is 9.07. The Kier molecular flexibility index (Phi) is 8.32. The van der Waals surface area contributed by atoms with E-state index in [1.54, 1.807) is 18.1 Å². The number of rotatable bonds is 8. The maximum Gasteiger partial charge on any atom is 0.254 e. The van der Waals surface area contributed by atoms with Crippen LogP contribution in [0.2, 0.25) is 0 Å². The smallest absolute Gasteiger partial charge is 0.254 e.